The summed E-state index contributed by atoms with van der Waals surface area (Å²) in [5, 5.41) is 3.55. The largest absolute Gasteiger partial charge is 0.301 e. The van der Waals surface area contributed by atoms with Gasteiger partial charge >= 0.3 is 0 Å². The van der Waals surface area contributed by atoms with Crippen molar-refractivity contribution in [3.63, 3.8) is 0 Å². The van der Waals surface area contributed by atoms with Gasteiger partial charge < -0.3 is 10.3 Å². The van der Waals surface area contributed by atoms with Gasteiger partial charge in [-0.25, -0.2) is 9.97 Å². The number of rotatable bonds is 4. The predicted octanol–water partition coefficient (Wildman–Crippen LogP) is 3.30. The molecule has 0 saturated carbocycles. The van der Waals surface area contributed by atoms with Crippen LogP contribution < -0.4 is 10.9 Å². The highest BCUT2D eigenvalue weighted by Crippen LogP contribution is 2.28. The number of nitrogens with zero attached hydrogens (tertiary/aromatic N) is 2. The third-order valence-corrected chi connectivity index (χ3v) is 6.27. The summed E-state index contributed by atoms with van der Waals surface area (Å²) in [5.41, 5.74) is 3.61. The number of amides is 1. The van der Waals surface area contributed by atoms with Gasteiger partial charge in [-0.1, -0.05) is 29.2 Å². The first-order valence-corrected chi connectivity index (χ1v) is 10.2. The maximum Gasteiger partial charge on any atom is 0.254 e. The molecule has 0 fully saturated rings. The molecule has 134 valence electrons. The minimum absolute atomic E-state index is 0.0795. The summed E-state index contributed by atoms with van der Waals surface area (Å²) < 4.78 is 1.05. The van der Waals surface area contributed by atoms with Crippen LogP contribution in [0.25, 0.3) is 10.2 Å². The molecule has 1 aromatic carbocycles. The fourth-order valence-electron chi connectivity index (χ4n) is 2.99. The zero-order chi connectivity index (χ0) is 18.3. The molecule has 0 aliphatic heterocycles. The molecule has 26 heavy (non-hydrogen) atoms. The van der Waals surface area contributed by atoms with Crippen LogP contribution in [0.5, 0.6) is 0 Å². The smallest absolute Gasteiger partial charge is 0.254 e. The molecular weight excluding hydrogens is 368 g/mol. The second-order valence-corrected chi connectivity index (χ2v) is 8.75. The Kier molecular flexibility index (Phi) is 4.54. The first kappa shape index (κ1) is 17.2. The molecule has 2 heterocycles. The number of thioether (sulfide) groups is 1. The van der Waals surface area contributed by atoms with Crippen LogP contribution in [0.3, 0.4) is 0 Å². The number of carbonyl (C=O) groups is 1. The van der Waals surface area contributed by atoms with Crippen molar-refractivity contribution in [3.05, 3.63) is 45.4 Å². The molecule has 2 N–H and O–H groups in total. The normalized spacial score (nSPS) is 14.4. The number of aromatic amines is 1. The minimum Gasteiger partial charge on any atom is -0.301 e. The molecule has 0 saturated heterocycles. The van der Waals surface area contributed by atoms with Crippen molar-refractivity contribution in [1.82, 2.24) is 15.0 Å². The summed E-state index contributed by atoms with van der Waals surface area (Å²) in [6, 6.07) is 6.01. The van der Waals surface area contributed by atoms with E-state index in [-0.39, 0.29) is 11.5 Å². The third-order valence-electron chi connectivity index (χ3n) is 4.35. The Balaban J connectivity index is 1.47. The Labute approximate surface area is 158 Å². The standard InChI is InChI=1S/C18H18N4O2S2/c1-9-6-7-13-14(8-9)26-18(20-13)21-15(23)10(2)25-17-19-12-5-3-4-11(12)16(24)22-17/h6-8,10H,3-5H2,1-2H3,(H,19,22,24)(H,20,21,23). The lowest BCUT2D eigenvalue weighted by Gasteiger charge is -2.10. The zero-order valence-corrected chi connectivity index (χ0v) is 16.1. The van der Waals surface area contributed by atoms with Crippen LogP contribution in [0.4, 0.5) is 5.13 Å². The molecule has 1 aliphatic carbocycles. The number of nitrogens with one attached hydrogen (secondary N) is 2. The van der Waals surface area contributed by atoms with Crippen molar-refractivity contribution in [3.8, 4) is 0 Å². The number of benzene rings is 1. The van der Waals surface area contributed by atoms with Gasteiger partial charge in [-0.3, -0.25) is 9.59 Å². The van der Waals surface area contributed by atoms with E-state index in [0.717, 1.165) is 46.3 Å². The Morgan fingerprint density at radius 3 is 3.04 bits per heavy atom. The van der Waals surface area contributed by atoms with Crippen LogP contribution in [-0.2, 0) is 17.6 Å². The summed E-state index contributed by atoms with van der Waals surface area (Å²) >= 11 is 2.72. The van der Waals surface area contributed by atoms with Crippen LogP contribution in [0, 0.1) is 6.92 Å². The number of aryl methyl sites for hydroxylation is 2. The number of H-pyrrole nitrogens is 1. The van der Waals surface area contributed by atoms with Crippen LogP contribution in [0.1, 0.15) is 30.2 Å². The molecule has 0 spiro atoms. The van der Waals surface area contributed by atoms with E-state index in [4.69, 9.17) is 0 Å². The Bertz CT molecular complexity index is 1060. The monoisotopic (exact) mass is 386 g/mol. The second kappa shape index (κ2) is 6.85. The van der Waals surface area contributed by atoms with Crippen molar-refractivity contribution >= 4 is 44.4 Å². The average molecular weight is 387 g/mol. The molecule has 1 amide bonds. The molecule has 1 atom stereocenters. The van der Waals surface area contributed by atoms with Gasteiger partial charge in [0.2, 0.25) is 5.91 Å². The van der Waals surface area contributed by atoms with E-state index in [1.807, 2.05) is 19.1 Å². The van der Waals surface area contributed by atoms with Gasteiger partial charge in [0.1, 0.15) is 0 Å². The number of anilines is 1. The average Bonchev–Trinajstić information content (AvgIpc) is 3.20. The van der Waals surface area contributed by atoms with Crippen molar-refractivity contribution < 1.29 is 4.79 Å². The number of fused-ring (bicyclic) bond motifs is 2. The van der Waals surface area contributed by atoms with Crippen LogP contribution >= 0.6 is 23.1 Å². The van der Waals surface area contributed by atoms with Crippen molar-refractivity contribution in [1.29, 1.82) is 0 Å². The molecule has 2 aromatic heterocycles. The molecule has 1 aliphatic rings. The molecule has 1 unspecified atom stereocenters. The van der Waals surface area contributed by atoms with Crippen LogP contribution in [-0.4, -0.2) is 26.1 Å². The predicted molar refractivity (Wildman–Crippen MR) is 105 cm³/mol. The Hall–Kier alpha value is -2.19. The quantitative estimate of drug-likeness (QED) is 0.531. The van der Waals surface area contributed by atoms with Crippen molar-refractivity contribution in [2.45, 2.75) is 43.5 Å². The van der Waals surface area contributed by atoms with E-state index in [2.05, 4.69) is 26.3 Å². The first-order valence-electron chi connectivity index (χ1n) is 8.46. The van der Waals surface area contributed by atoms with E-state index in [1.165, 1.54) is 23.1 Å². The van der Waals surface area contributed by atoms with Gasteiger partial charge in [-0.2, -0.15) is 0 Å². The molecule has 0 radical (unpaired) electrons. The lowest BCUT2D eigenvalue weighted by molar-refractivity contribution is -0.115. The first-order chi connectivity index (χ1) is 12.5. The number of hydrogen-bond donors (Lipinski definition) is 2. The molecular formula is C18H18N4O2S2. The maximum atomic E-state index is 12.5. The SMILES string of the molecule is Cc1ccc2nc(NC(=O)C(C)Sc3nc4c(c(=O)[nH]3)CCC4)sc2c1. The van der Waals surface area contributed by atoms with Crippen molar-refractivity contribution in [2.75, 3.05) is 5.32 Å². The van der Waals surface area contributed by atoms with Crippen LogP contribution in [0.2, 0.25) is 0 Å². The number of carbonyl (C=O) groups excluding carboxylic acids is 1. The van der Waals surface area contributed by atoms with E-state index < -0.39 is 5.25 Å². The van der Waals surface area contributed by atoms with Gasteiger partial charge in [0.05, 0.1) is 21.2 Å². The van der Waals surface area contributed by atoms with E-state index >= 15 is 0 Å². The van der Waals surface area contributed by atoms with Gasteiger partial charge in [-0.05, 0) is 50.8 Å². The fourth-order valence-corrected chi connectivity index (χ4v) is 4.77. The van der Waals surface area contributed by atoms with Gasteiger partial charge in [0, 0.05) is 5.56 Å². The molecule has 6 nitrogen and oxygen atoms in total. The van der Waals surface area contributed by atoms with Crippen LogP contribution in [0.15, 0.2) is 28.2 Å². The fraction of sp³-hybridized carbons (Fsp3) is 0.333. The highest BCUT2D eigenvalue weighted by molar-refractivity contribution is 8.00. The molecule has 4 rings (SSSR count). The van der Waals surface area contributed by atoms with E-state index in [1.54, 1.807) is 6.92 Å². The lowest BCUT2D eigenvalue weighted by atomic mass is 10.2. The maximum absolute atomic E-state index is 12.5. The van der Waals surface area contributed by atoms with Crippen molar-refractivity contribution in [2.24, 2.45) is 0 Å². The highest BCUT2D eigenvalue weighted by Gasteiger charge is 2.21. The summed E-state index contributed by atoms with van der Waals surface area (Å²) in [4.78, 5) is 36.3. The summed E-state index contributed by atoms with van der Waals surface area (Å²) in [7, 11) is 0. The number of hydrogen-bond acceptors (Lipinski definition) is 6. The molecule has 8 heteroatoms. The minimum atomic E-state index is -0.397. The number of aromatic nitrogens is 3. The van der Waals surface area contributed by atoms with Gasteiger partial charge in [0.25, 0.3) is 5.56 Å². The highest BCUT2D eigenvalue weighted by atomic mass is 32.2. The van der Waals surface area contributed by atoms with E-state index in [0.29, 0.717) is 10.3 Å². The zero-order valence-electron chi connectivity index (χ0n) is 14.5. The van der Waals surface area contributed by atoms with Gasteiger partial charge in [0.15, 0.2) is 10.3 Å². The summed E-state index contributed by atoms with van der Waals surface area (Å²) in [5.74, 6) is -0.158. The molecule has 0 bridgehead atoms. The topological polar surface area (TPSA) is 87.7 Å². The Morgan fingerprint density at radius 1 is 1.35 bits per heavy atom. The third kappa shape index (κ3) is 3.39. The number of thiazole rings is 1. The summed E-state index contributed by atoms with van der Waals surface area (Å²) in [6.07, 6.45) is 2.58. The lowest BCUT2D eigenvalue weighted by Crippen LogP contribution is -2.23. The molecule has 3 aromatic rings. The van der Waals surface area contributed by atoms with Gasteiger partial charge in [-0.15, -0.1) is 0 Å². The Morgan fingerprint density at radius 2 is 2.19 bits per heavy atom. The second-order valence-electron chi connectivity index (χ2n) is 6.39. The van der Waals surface area contributed by atoms with E-state index in [9.17, 15) is 9.59 Å². The summed E-state index contributed by atoms with van der Waals surface area (Å²) in [6.45, 7) is 3.82.